The molecular weight excluding hydrogens is 322 g/mol. The molecule has 0 unspecified atom stereocenters. The van der Waals surface area contributed by atoms with Crippen molar-refractivity contribution in [1.82, 2.24) is 15.6 Å². The van der Waals surface area contributed by atoms with Crippen molar-refractivity contribution in [3.05, 3.63) is 45.9 Å². The lowest BCUT2D eigenvalue weighted by molar-refractivity contribution is 0.304. The summed E-state index contributed by atoms with van der Waals surface area (Å²) in [5, 5.41) is 7.13. The molecule has 0 saturated carbocycles. The molecule has 1 heterocycles. The first kappa shape index (κ1) is 17.1. The van der Waals surface area contributed by atoms with E-state index in [1.165, 1.54) is 6.07 Å². The summed E-state index contributed by atoms with van der Waals surface area (Å²) in [6.45, 7) is 3.22. The van der Waals surface area contributed by atoms with E-state index < -0.39 is 11.6 Å². The summed E-state index contributed by atoms with van der Waals surface area (Å²) < 4.78 is 31.4. The number of benzene rings is 1. The van der Waals surface area contributed by atoms with Crippen LogP contribution in [-0.2, 0) is 6.54 Å². The average Bonchev–Trinajstić information content (AvgIpc) is 2.94. The predicted octanol–water partition coefficient (Wildman–Crippen LogP) is 2.47. The van der Waals surface area contributed by atoms with Gasteiger partial charge in [0, 0.05) is 24.2 Å². The third-order valence-electron chi connectivity index (χ3n) is 2.85. The van der Waals surface area contributed by atoms with E-state index in [-0.39, 0.29) is 12.4 Å². The van der Waals surface area contributed by atoms with Crippen LogP contribution in [0.2, 0.25) is 0 Å². The van der Waals surface area contributed by atoms with Crippen LogP contribution >= 0.6 is 11.3 Å². The topological polar surface area (TPSA) is 58.5 Å². The molecule has 0 aliphatic carbocycles. The average molecular weight is 340 g/mol. The van der Waals surface area contributed by atoms with E-state index >= 15 is 0 Å². The molecule has 0 aliphatic heterocycles. The molecule has 124 valence electrons. The summed E-state index contributed by atoms with van der Waals surface area (Å²) >= 11 is 1.62. The fourth-order valence-corrected chi connectivity index (χ4v) is 2.51. The molecular formula is C15H18F2N4OS. The van der Waals surface area contributed by atoms with E-state index in [1.807, 2.05) is 13.1 Å². The molecule has 23 heavy (non-hydrogen) atoms. The maximum atomic E-state index is 13.4. The first-order valence-corrected chi connectivity index (χ1v) is 7.84. The lowest BCUT2D eigenvalue weighted by Crippen LogP contribution is -2.38. The molecule has 8 heteroatoms. The lowest BCUT2D eigenvalue weighted by Gasteiger charge is -2.12. The van der Waals surface area contributed by atoms with Crippen LogP contribution in [0.15, 0.2) is 29.4 Å². The number of thiazole rings is 1. The monoisotopic (exact) mass is 340 g/mol. The number of rotatable bonds is 6. The van der Waals surface area contributed by atoms with Crippen molar-refractivity contribution in [2.24, 2.45) is 4.99 Å². The van der Waals surface area contributed by atoms with Gasteiger partial charge in [0.1, 0.15) is 17.4 Å². The van der Waals surface area contributed by atoms with Crippen molar-refractivity contribution >= 4 is 17.3 Å². The van der Waals surface area contributed by atoms with Crippen LogP contribution in [0.1, 0.15) is 9.88 Å². The Kier molecular flexibility index (Phi) is 6.28. The second-order valence-electron chi connectivity index (χ2n) is 4.64. The molecule has 1 aromatic heterocycles. The summed E-state index contributed by atoms with van der Waals surface area (Å²) in [6.07, 6.45) is 1.82. The Hall–Kier alpha value is -2.22. The van der Waals surface area contributed by atoms with E-state index in [0.29, 0.717) is 19.0 Å². The molecule has 0 saturated heterocycles. The van der Waals surface area contributed by atoms with Gasteiger partial charge in [-0.3, -0.25) is 4.99 Å². The fraction of sp³-hybridized carbons (Fsp3) is 0.333. The van der Waals surface area contributed by atoms with Crippen LogP contribution in [0, 0.1) is 18.6 Å². The summed E-state index contributed by atoms with van der Waals surface area (Å²) in [4.78, 5) is 9.48. The largest absolute Gasteiger partial charge is 0.489 e. The number of aliphatic imine (C=N–C) groups is 1. The van der Waals surface area contributed by atoms with Crippen LogP contribution < -0.4 is 15.4 Å². The SMILES string of the molecule is CN=C(NCCOc1ccc(F)cc1F)NCc1ncc(C)s1. The number of hydrogen-bond acceptors (Lipinski definition) is 4. The number of aromatic nitrogens is 1. The number of halogens is 2. The first-order chi connectivity index (χ1) is 11.1. The Labute approximate surface area is 137 Å². The molecule has 0 spiro atoms. The molecule has 2 N–H and O–H groups in total. The van der Waals surface area contributed by atoms with Crippen LogP contribution in [0.5, 0.6) is 5.75 Å². The molecule has 5 nitrogen and oxygen atoms in total. The van der Waals surface area contributed by atoms with Crippen molar-refractivity contribution in [3.8, 4) is 5.75 Å². The minimum atomic E-state index is -0.716. The van der Waals surface area contributed by atoms with Gasteiger partial charge in [0.25, 0.3) is 0 Å². The van der Waals surface area contributed by atoms with Crippen molar-refractivity contribution in [1.29, 1.82) is 0 Å². The number of nitrogens with zero attached hydrogens (tertiary/aromatic N) is 2. The zero-order valence-electron chi connectivity index (χ0n) is 12.9. The van der Waals surface area contributed by atoms with E-state index in [0.717, 1.165) is 22.0 Å². The second kappa shape index (κ2) is 8.42. The summed E-state index contributed by atoms with van der Waals surface area (Å²) in [7, 11) is 1.66. The molecule has 0 atom stereocenters. The molecule has 2 rings (SSSR count). The highest BCUT2D eigenvalue weighted by Crippen LogP contribution is 2.17. The minimum Gasteiger partial charge on any atom is -0.489 e. The normalized spacial score (nSPS) is 11.4. The number of ether oxygens (including phenoxy) is 1. The first-order valence-electron chi connectivity index (χ1n) is 7.02. The summed E-state index contributed by atoms with van der Waals surface area (Å²) in [6, 6.07) is 3.21. The molecule has 0 fully saturated rings. The van der Waals surface area contributed by atoms with Crippen molar-refractivity contribution in [3.63, 3.8) is 0 Å². The molecule has 2 aromatic rings. The Bertz CT molecular complexity index is 675. The highest BCUT2D eigenvalue weighted by Gasteiger charge is 2.05. The smallest absolute Gasteiger partial charge is 0.191 e. The third-order valence-corrected chi connectivity index (χ3v) is 3.76. The van der Waals surface area contributed by atoms with Gasteiger partial charge in [0.15, 0.2) is 17.5 Å². The summed E-state index contributed by atoms with van der Waals surface area (Å²) in [5.41, 5.74) is 0. The van der Waals surface area contributed by atoms with E-state index in [9.17, 15) is 8.78 Å². The van der Waals surface area contributed by atoms with E-state index in [2.05, 4.69) is 20.6 Å². The van der Waals surface area contributed by atoms with E-state index in [4.69, 9.17) is 4.74 Å². The van der Waals surface area contributed by atoms with Gasteiger partial charge in [0.05, 0.1) is 13.1 Å². The van der Waals surface area contributed by atoms with E-state index in [1.54, 1.807) is 18.4 Å². The number of hydrogen-bond donors (Lipinski definition) is 2. The van der Waals surface area contributed by atoms with Gasteiger partial charge < -0.3 is 15.4 Å². The van der Waals surface area contributed by atoms with Gasteiger partial charge in [-0.05, 0) is 19.1 Å². The quantitative estimate of drug-likeness (QED) is 0.482. The summed E-state index contributed by atoms with van der Waals surface area (Å²) in [5.74, 6) is -0.725. The Balaban J connectivity index is 1.71. The fourth-order valence-electron chi connectivity index (χ4n) is 1.79. The highest BCUT2D eigenvalue weighted by atomic mass is 32.1. The number of nitrogens with one attached hydrogen (secondary N) is 2. The molecule has 0 amide bonds. The maximum Gasteiger partial charge on any atom is 0.191 e. The lowest BCUT2D eigenvalue weighted by atomic mass is 10.3. The molecule has 0 bridgehead atoms. The van der Waals surface area contributed by atoms with Gasteiger partial charge >= 0.3 is 0 Å². The zero-order valence-corrected chi connectivity index (χ0v) is 13.7. The van der Waals surface area contributed by atoms with Crippen LogP contribution in [-0.4, -0.2) is 31.1 Å². The molecule has 0 aliphatic rings. The zero-order chi connectivity index (χ0) is 16.7. The third kappa shape index (κ3) is 5.48. The van der Waals surface area contributed by atoms with Gasteiger partial charge in [-0.15, -0.1) is 11.3 Å². The molecule has 0 radical (unpaired) electrons. The van der Waals surface area contributed by atoms with Gasteiger partial charge in [-0.2, -0.15) is 0 Å². The van der Waals surface area contributed by atoms with Gasteiger partial charge in [-0.25, -0.2) is 13.8 Å². The standard InChI is InChI=1S/C15H18F2N4OS/c1-10-8-20-14(23-10)9-21-15(18-2)19-5-6-22-13-4-3-11(16)7-12(13)17/h3-4,7-8H,5-6,9H2,1-2H3,(H2,18,19,21). The Morgan fingerprint density at radius 2 is 2.17 bits per heavy atom. The minimum absolute atomic E-state index is 0.0226. The Morgan fingerprint density at radius 3 is 2.83 bits per heavy atom. The van der Waals surface area contributed by atoms with Gasteiger partial charge in [0.2, 0.25) is 0 Å². The highest BCUT2D eigenvalue weighted by molar-refractivity contribution is 7.11. The maximum absolute atomic E-state index is 13.4. The van der Waals surface area contributed by atoms with Crippen molar-refractivity contribution < 1.29 is 13.5 Å². The van der Waals surface area contributed by atoms with Crippen molar-refractivity contribution in [2.75, 3.05) is 20.2 Å². The van der Waals surface area contributed by atoms with Crippen LogP contribution in [0.25, 0.3) is 0 Å². The van der Waals surface area contributed by atoms with Crippen LogP contribution in [0.3, 0.4) is 0 Å². The number of aryl methyl sites for hydroxylation is 1. The van der Waals surface area contributed by atoms with Gasteiger partial charge in [-0.1, -0.05) is 0 Å². The van der Waals surface area contributed by atoms with Crippen molar-refractivity contribution in [2.45, 2.75) is 13.5 Å². The Morgan fingerprint density at radius 1 is 1.35 bits per heavy atom. The van der Waals surface area contributed by atoms with Crippen LogP contribution in [0.4, 0.5) is 8.78 Å². The molecule has 1 aromatic carbocycles. The number of guanidine groups is 1. The second-order valence-corrected chi connectivity index (χ2v) is 5.96. The predicted molar refractivity (Wildman–Crippen MR) is 86.9 cm³/mol.